The first-order chi connectivity index (χ1) is 5.81. The average Bonchev–Trinajstić information content (AvgIpc) is 2.49. The van der Waals surface area contributed by atoms with E-state index in [4.69, 9.17) is 0 Å². The Morgan fingerprint density at radius 2 is 2.33 bits per heavy atom. The molecular formula is C8H6FNS2. The largest absolute Gasteiger partial charge is 0.227 e. The number of thiazole rings is 1. The van der Waals surface area contributed by atoms with Crippen molar-refractivity contribution in [2.75, 3.05) is 6.26 Å². The van der Waals surface area contributed by atoms with E-state index in [1.807, 2.05) is 12.3 Å². The molecule has 2 aromatic rings. The average molecular weight is 199 g/mol. The molecule has 1 nitrogen and oxygen atoms in total. The molecule has 0 aliphatic carbocycles. The molecule has 0 amide bonds. The van der Waals surface area contributed by atoms with Crippen LogP contribution < -0.4 is 0 Å². The van der Waals surface area contributed by atoms with E-state index in [1.54, 1.807) is 17.8 Å². The molecule has 0 atom stereocenters. The second-order valence-electron chi connectivity index (χ2n) is 2.27. The number of hydrogen-bond donors (Lipinski definition) is 0. The van der Waals surface area contributed by atoms with E-state index >= 15 is 0 Å². The van der Waals surface area contributed by atoms with Crippen LogP contribution in [0.25, 0.3) is 10.2 Å². The van der Waals surface area contributed by atoms with Gasteiger partial charge in [0.25, 0.3) is 0 Å². The van der Waals surface area contributed by atoms with Gasteiger partial charge in [0.15, 0.2) is 4.34 Å². The Balaban J connectivity index is 2.74. The van der Waals surface area contributed by atoms with Crippen LogP contribution in [0.4, 0.5) is 4.39 Å². The van der Waals surface area contributed by atoms with Gasteiger partial charge in [0.2, 0.25) is 0 Å². The summed E-state index contributed by atoms with van der Waals surface area (Å²) >= 11 is 3.07. The molecule has 0 bridgehead atoms. The van der Waals surface area contributed by atoms with Gasteiger partial charge in [-0.05, 0) is 18.4 Å². The summed E-state index contributed by atoms with van der Waals surface area (Å²) in [5.74, 6) is -0.232. The number of aromatic nitrogens is 1. The van der Waals surface area contributed by atoms with Crippen LogP contribution in [0, 0.1) is 5.82 Å². The molecule has 2 rings (SSSR count). The molecule has 0 aliphatic heterocycles. The van der Waals surface area contributed by atoms with E-state index in [0.29, 0.717) is 5.52 Å². The van der Waals surface area contributed by atoms with Crippen LogP contribution in [0.1, 0.15) is 0 Å². The monoisotopic (exact) mass is 199 g/mol. The van der Waals surface area contributed by atoms with E-state index in [2.05, 4.69) is 4.98 Å². The summed E-state index contributed by atoms with van der Waals surface area (Å²) < 4.78 is 14.9. The molecule has 1 heterocycles. The van der Waals surface area contributed by atoms with Gasteiger partial charge in [-0.1, -0.05) is 17.8 Å². The van der Waals surface area contributed by atoms with Crippen LogP contribution in [-0.2, 0) is 0 Å². The van der Waals surface area contributed by atoms with E-state index < -0.39 is 0 Å². The third-order valence-corrected chi connectivity index (χ3v) is 3.53. The maximum absolute atomic E-state index is 13.1. The summed E-state index contributed by atoms with van der Waals surface area (Å²) in [6.07, 6.45) is 1.94. The minimum Gasteiger partial charge on any atom is -0.227 e. The molecule has 4 heteroatoms. The summed E-state index contributed by atoms with van der Waals surface area (Å²) in [4.78, 5) is 4.14. The Morgan fingerprint density at radius 3 is 3.00 bits per heavy atom. The molecule has 0 saturated carbocycles. The highest BCUT2D eigenvalue weighted by atomic mass is 32.2. The van der Waals surface area contributed by atoms with Crippen molar-refractivity contribution in [3.05, 3.63) is 24.0 Å². The van der Waals surface area contributed by atoms with Crippen molar-refractivity contribution in [3.63, 3.8) is 0 Å². The lowest BCUT2D eigenvalue weighted by molar-refractivity contribution is 0.637. The van der Waals surface area contributed by atoms with Crippen molar-refractivity contribution < 1.29 is 4.39 Å². The maximum atomic E-state index is 13.1. The van der Waals surface area contributed by atoms with Gasteiger partial charge in [0.05, 0.1) is 4.70 Å². The Kier molecular flexibility index (Phi) is 2.02. The highest BCUT2D eigenvalue weighted by molar-refractivity contribution is 8.00. The summed E-state index contributed by atoms with van der Waals surface area (Å²) in [6, 6.07) is 5.03. The Labute approximate surface area is 77.6 Å². The number of fused-ring (bicyclic) bond motifs is 1. The molecule has 1 aromatic carbocycles. The molecule has 12 heavy (non-hydrogen) atoms. The number of para-hydroxylation sites is 1. The quantitative estimate of drug-likeness (QED) is 0.654. The molecule has 0 saturated heterocycles. The summed E-state index contributed by atoms with van der Waals surface area (Å²) in [6.45, 7) is 0. The number of nitrogens with zero attached hydrogens (tertiary/aromatic N) is 1. The van der Waals surface area contributed by atoms with Gasteiger partial charge in [-0.15, -0.1) is 11.3 Å². The van der Waals surface area contributed by atoms with Gasteiger partial charge >= 0.3 is 0 Å². The number of benzene rings is 1. The molecule has 62 valence electrons. The van der Waals surface area contributed by atoms with E-state index in [-0.39, 0.29) is 5.82 Å². The first kappa shape index (κ1) is 8.01. The molecule has 0 fully saturated rings. The highest BCUT2D eigenvalue weighted by Gasteiger charge is 2.05. The van der Waals surface area contributed by atoms with E-state index in [1.165, 1.54) is 17.4 Å². The van der Waals surface area contributed by atoms with E-state index in [0.717, 1.165) is 9.04 Å². The second-order valence-corrected chi connectivity index (χ2v) is 4.35. The zero-order valence-corrected chi connectivity index (χ0v) is 8.01. The van der Waals surface area contributed by atoms with Crippen LogP contribution in [0.2, 0.25) is 0 Å². The smallest absolute Gasteiger partial charge is 0.150 e. The normalized spacial score (nSPS) is 10.8. The summed E-state index contributed by atoms with van der Waals surface area (Å²) in [5.41, 5.74) is 0.492. The SMILES string of the molecule is CSc1nc2c(F)cccc2s1. The van der Waals surface area contributed by atoms with Gasteiger partial charge in [-0.2, -0.15) is 0 Å². The molecule has 0 N–H and O–H groups in total. The fourth-order valence-electron chi connectivity index (χ4n) is 0.982. The van der Waals surface area contributed by atoms with Crippen molar-refractivity contribution in [1.29, 1.82) is 0 Å². The molecular weight excluding hydrogens is 193 g/mol. The zero-order valence-electron chi connectivity index (χ0n) is 6.37. The maximum Gasteiger partial charge on any atom is 0.150 e. The van der Waals surface area contributed by atoms with Gasteiger partial charge in [-0.25, -0.2) is 9.37 Å². The number of thioether (sulfide) groups is 1. The van der Waals surface area contributed by atoms with Crippen LogP contribution in [-0.4, -0.2) is 11.2 Å². The lowest BCUT2D eigenvalue weighted by Crippen LogP contribution is -1.75. The molecule has 0 radical (unpaired) electrons. The Hall–Kier alpha value is -0.610. The Bertz CT molecular complexity index is 410. The van der Waals surface area contributed by atoms with Crippen molar-refractivity contribution in [2.45, 2.75) is 4.34 Å². The fourth-order valence-corrected chi connectivity index (χ4v) is 2.48. The van der Waals surface area contributed by atoms with Crippen LogP contribution in [0.5, 0.6) is 0 Å². The van der Waals surface area contributed by atoms with E-state index in [9.17, 15) is 4.39 Å². The third-order valence-electron chi connectivity index (χ3n) is 1.52. The van der Waals surface area contributed by atoms with Gasteiger partial charge < -0.3 is 0 Å². The predicted molar refractivity (Wildman–Crippen MR) is 51.4 cm³/mol. The first-order valence-electron chi connectivity index (χ1n) is 3.40. The lowest BCUT2D eigenvalue weighted by atomic mass is 10.3. The topological polar surface area (TPSA) is 12.9 Å². The third kappa shape index (κ3) is 1.21. The van der Waals surface area contributed by atoms with Crippen LogP contribution in [0.15, 0.2) is 22.5 Å². The van der Waals surface area contributed by atoms with Crippen LogP contribution >= 0.6 is 23.1 Å². The van der Waals surface area contributed by atoms with Gasteiger partial charge in [0, 0.05) is 0 Å². The molecule has 0 aliphatic rings. The van der Waals surface area contributed by atoms with Crippen molar-refractivity contribution >= 4 is 33.3 Å². The molecule has 0 spiro atoms. The number of rotatable bonds is 1. The zero-order chi connectivity index (χ0) is 8.55. The minimum absolute atomic E-state index is 0.232. The molecule has 0 unspecified atom stereocenters. The Morgan fingerprint density at radius 1 is 1.50 bits per heavy atom. The van der Waals surface area contributed by atoms with Crippen LogP contribution in [0.3, 0.4) is 0 Å². The fraction of sp³-hybridized carbons (Fsp3) is 0.125. The number of hydrogen-bond acceptors (Lipinski definition) is 3. The van der Waals surface area contributed by atoms with Gasteiger partial charge in [0.1, 0.15) is 11.3 Å². The van der Waals surface area contributed by atoms with Crippen molar-refractivity contribution in [3.8, 4) is 0 Å². The second kappa shape index (κ2) is 3.03. The van der Waals surface area contributed by atoms with Crippen molar-refractivity contribution in [1.82, 2.24) is 4.98 Å². The predicted octanol–water partition coefficient (Wildman–Crippen LogP) is 3.16. The lowest BCUT2D eigenvalue weighted by Gasteiger charge is -1.86. The standard InChI is InChI=1S/C8H6FNS2/c1-11-8-10-7-5(9)3-2-4-6(7)12-8/h2-4H,1H3. The van der Waals surface area contributed by atoms with Gasteiger partial charge in [-0.3, -0.25) is 0 Å². The summed E-state index contributed by atoms with van der Waals surface area (Å²) in [5, 5.41) is 0. The first-order valence-corrected chi connectivity index (χ1v) is 5.44. The van der Waals surface area contributed by atoms with Crippen molar-refractivity contribution in [2.24, 2.45) is 0 Å². The highest BCUT2D eigenvalue weighted by Crippen LogP contribution is 2.28. The minimum atomic E-state index is -0.232. The molecule has 1 aromatic heterocycles. The summed E-state index contributed by atoms with van der Waals surface area (Å²) in [7, 11) is 0. The number of halogens is 1.